The van der Waals surface area contributed by atoms with E-state index in [0.717, 1.165) is 55.9 Å². The van der Waals surface area contributed by atoms with Crippen LogP contribution in [0, 0.1) is 17.4 Å². The van der Waals surface area contributed by atoms with Crippen LogP contribution in [-0.2, 0) is 0 Å². The van der Waals surface area contributed by atoms with Gasteiger partial charge in [0, 0.05) is 25.8 Å². The summed E-state index contributed by atoms with van der Waals surface area (Å²) in [4.78, 5) is 23.1. The highest BCUT2D eigenvalue weighted by molar-refractivity contribution is 7.12. The Labute approximate surface area is 181 Å². The van der Waals surface area contributed by atoms with Crippen LogP contribution in [0.15, 0.2) is 47.0 Å². The van der Waals surface area contributed by atoms with E-state index in [2.05, 4.69) is 20.6 Å². The van der Waals surface area contributed by atoms with Gasteiger partial charge in [0.1, 0.15) is 0 Å². The highest BCUT2D eigenvalue weighted by Crippen LogP contribution is 2.24. The number of aromatic nitrogens is 1. The minimum Gasteiger partial charge on any atom is -0.355 e. The number of thiophene rings is 1. The highest BCUT2D eigenvalue weighted by atomic mass is 32.1. The van der Waals surface area contributed by atoms with Crippen LogP contribution in [0.3, 0.4) is 0 Å². The summed E-state index contributed by atoms with van der Waals surface area (Å²) in [6, 6.07) is 7.55. The zero-order chi connectivity index (χ0) is 21.0. The summed E-state index contributed by atoms with van der Waals surface area (Å²) < 4.78 is 0. The van der Waals surface area contributed by atoms with Gasteiger partial charge in [-0.3, -0.25) is 9.78 Å². The van der Waals surface area contributed by atoms with Crippen molar-refractivity contribution in [1.29, 1.82) is 5.26 Å². The SMILES string of the molecule is N#C/N=C(\NCCCCCC1CCN(C(=O)c2cccs2)CC1)Nc1cccnc1. The van der Waals surface area contributed by atoms with E-state index in [1.807, 2.05) is 40.7 Å². The quantitative estimate of drug-likeness (QED) is 0.288. The Morgan fingerprint density at radius 2 is 2.13 bits per heavy atom. The Hall–Kier alpha value is -2.92. The number of unbranched alkanes of at least 4 members (excludes halogenated alkanes) is 2. The molecule has 0 aromatic carbocycles. The number of nitriles is 1. The number of aliphatic imine (C=N–C) groups is 1. The minimum atomic E-state index is 0.184. The fourth-order valence-corrected chi connectivity index (χ4v) is 4.35. The summed E-state index contributed by atoms with van der Waals surface area (Å²) in [5, 5.41) is 17.1. The lowest BCUT2D eigenvalue weighted by Crippen LogP contribution is -2.38. The topological polar surface area (TPSA) is 93.4 Å². The average molecular weight is 425 g/mol. The molecule has 2 aromatic heterocycles. The number of rotatable bonds is 8. The van der Waals surface area contributed by atoms with Gasteiger partial charge in [-0.15, -0.1) is 16.3 Å². The number of nitrogens with one attached hydrogen (secondary N) is 2. The third-order valence-electron chi connectivity index (χ3n) is 5.30. The predicted molar refractivity (Wildman–Crippen MR) is 120 cm³/mol. The van der Waals surface area contributed by atoms with Crippen LogP contribution >= 0.6 is 11.3 Å². The van der Waals surface area contributed by atoms with E-state index in [1.165, 1.54) is 24.2 Å². The number of carbonyl (C=O) groups is 1. The van der Waals surface area contributed by atoms with Gasteiger partial charge in [-0.1, -0.05) is 25.3 Å². The molecular weight excluding hydrogens is 396 g/mol. The smallest absolute Gasteiger partial charge is 0.263 e. The number of hydrogen-bond acceptors (Lipinski definition) is 5. The first kappa shape index (κ1) is 21.8. The van der Waals surface area contributed by atoms with Crippen LogP contribution in [0.2, 0.25) is 0 Å². The average Bonchev–Trinajstić information content (AvgIpc) is 3.32. The molecule has 8 heteroatoms. The Morgan fingerprint density at radius 1 is 1.27 bits per heavy atom. The van der Waals surface area contributed by atoms with E-state index in [-0.39, 0.29) is 5.91 Å². The molecule has 30 heavy (non-hydrogen) atoms. The van der Waals surface area contributed by atoms with Crippen molar-refractivity contribution in [2.75, 3.05) is 25.0 Å². The van der Waals surface area contributed by atoms with Crippen LogP contribution in [-0.4, -0.2) is 41.4 Å². The third-order valence-corrected chi connectivity index (χ3v) is 6.16. The van der Waals surface area contributed by atoms with Gasteiger partial charge < -0.3 is 15.5 Å². The van der Waals surface area contributed by atoms with E-state index in [4.69, 9.17) is 5.26 Å². The first-order chi connectivity index (χ1) is 14.8. The summed E-state index contributed by atoms with van der Waals surface area (Å²) >= 11 is 1.52. The monoisotopic (exact) mass is 424 g/mol. The van der Waals surface area contributed by atoms with Crippen molar-refractivity contribution in [3.63, 3.8) is 0 Å². The molecule has 1 aliphatic rings. The molecule has 0 unspecified atom stereocenters. The summed E-state index contributed by atoms with van der Waals surface area (Å²) in [5.41, 5.74) is 0.794. The predicted octanol–water partition coefficient (Wildman–Crippen LogP) is 4.09. The summed E-state index contributed by atoms with van der Waals surface area (Å²) in [6.45, 7) is 2.51. The van der Waals surface area contributed by atoms with Crippen LogP contribution in [0.4, 0.5) is 5.69 Å². The molecule has 3 heterocycles. The molecule has 1 saturated heterocycles. The van der Waals surface area contributed by atoms with Crippen molar-refractivity contribution in [1.82, 2.24) is 15.2 Å². The maximum absolute atomic E-state index is 12.4. The molecule has 158 valence electrons. The number of amides is 1. The molecule has 0 atom stereocenters. The van der Waals surface area contributed by atoms with Crippen molar-refractivity contribution in [2.45, 2.75) is 38.5 Å². The van der Waals surface area contributed by atoms with Gasteiger partial charge in [0.2, 0.25) is 12.2 Å². The lowest BCUT2D eigenvalue weighted by atomic mass is 9.91. The second-order valence-electron chi connectivity index (χ2n) is 7.42. The van der Waals surface area contributed by atoms with Gasteiger partial charge in [0.25, 0.3) is 5.91 Å². The molecule has 3 rings (SSSR count). The second-order valence-corrected chi connectivity index (χ2v) is 8.36. The van der Waals surface area contributed by atoms with Crippen LogP contribution in [0.1, 0.15) is 48.2 Å². The number of piperidine rings is 1. The molecular formula is C22H28N6OS. The first-order valence-corrected chi connectivity index (χ1v) is 11.3. The van der Waals surface area contributed by atoms with E-state index in [1.54, 1.807) is 12.4 Å². The van der Waals surface area contributed by atoms with Gasteiger partial charge in [0.05, 0.1) is 16.8 Å². The van der Waals surface area contributed by atoms with Crippen LogP contribution < -0.4 is 10.6 Å². The van der Waals surface area contributed by atoms with Crippen molar-refractivity contribution in [3.05, 3.63) is 46.9 Å². The molecule has 0 saturated carbocycles. The molecule has 2 aromatic rings. The highest BCUT2D eigenvalue weighted by Gasteiger charge is 2.23. The molecule has 0 bridgehead atoms. The number of likely N-dealkylation sites (tertiary alicyclic amines) is 1. The Kier molecular flexibility index (Phi) is 8.66. The van der Waals surface area contributed by atoms with E-state index >= 15 is 0 Å². The van der Waals surface area contributed by atoms with Crippen molar-refractivity contribution in [2.24, 2.45) is 10.9 Å². The lowest BCUT2D eigenvalue weighted by Gasteiger charge is -2.31. The van der Waals surface area contributed by atoms with Gasteiger partial charge in [-0.25, -0.2) is 0 Å². The summed E-state index contributed by atoms with van der Waals surface area (Å²) in [7, 11) is 0. The molecule has 0 aliphatic carbocycles. The Bertz CT molecular complexity index is 838. The maximum Gasteiger partial charge on any atom is 0.263 e. The molecule has 1 aliphatic heterocycles. The number of nitrogens with zero attached hydrogens (tertiary/aromatic N) is 4. The molecule has 0 spiro atoms. The lowest BCUT2D eigenvalue weighted by molar-refractivity contribution is 0.0690. The fraction of sp³-hybridized carbons (Fsp3) is 0.455. The zero-order valence-electron chi connectivity index (χ0n) is 17.1. The number of hydrogen-bond donors (Lipinski definition) is 2. The van der Waals surface area contributed by atoms with E-state index < -0.39 is 0 Å². The third kappa shape index (κ3) is 6.85. The van der Waals surface area contributed by atoms with Crippen LogP contribution in [0.5, 0.6) is 0 Å². The fourth-order valence-electron chi connectivity index (χ4n) is 3.66. The molecule has 1 amide bonds. The largest absolute Gasteiger partial charge is 0.355 e. The first-order valence-electron chi connectivity index (χ1n) is 10.5. The van der Waals surface area contributed by atoms with Gasteiger partial charge >= 0.3 is 0 Å². The Balaban J connectivity index is 1.27. The Morgan fingerprint density at radius 3 is 2.83 bits per heavy atom. The maximum atomic E-state index is 12.4. The zero-order valence-corrected chi connectivity index (χ0v) is 17.9. The molecule has 2 N–H and O–H groups in total. The number of carbonyl (C=O) groups excluding carboxylic acids is 1. The van der Waals surface area contributed by atoms with Gasteiger partial charge in [-0.05, 0) is 48.8 Å². The number of anilines is 1. The molecule has 0 radical (unpaired) electrons. The van der Waals surface area contributed by atoms with E-state index in [0.29, 0.717) is 11.9 Å². The van der Waals surface area contributed by atoms with Crippen molar-refractivity contribution in [3.8, 4) is 6.19 Å². The normalized spacial score (nSPS) is 14.9. The van der Waals surface area contributed by atoms with Crippen molar-refractivity contribution < 1.29 is 4.79 Å². The molecule has 1 fully saturated rings. The number of pyridine rings is 1. The van der Waals surface area contributed by atoms with Crippen molar-refractivity contribution >= 4 is 28.9 Å². The van der Waals surface area contributed by atoms with Crippen LogP contribution in [0.25, 0.3) is 0 Å². The van der Waals surface area contributed by atoms with Gasteiger partial charge in [0.15, 0.2) is 0 Å². The standard InChI is InChI=1S/C22H28N6OS/c23-17-26-22(27-19-7-4-11-24-16-19)25-12-3-1-2-6-18-9-13-28(14-10-18)21(29)20-8-5-15-30-20/h4-5,7-8,11,15-16,18H,1-3,6,9-10,12-14H2,(H2,25,26,27). The summed E-state index contributed by atoms with van der Waals surface area (Å²) in [5.74, 6) is 1.35. The molecule has 7 nitrogen and oxygen atoms in total. The second kappa shape index (κ2) is 11.9. The van der Waals surface area contributed by atoms with Gasteiger partial charge in [-0.2, -0.15) is 5.26 Å². The summed E-state index contributed by atoms with van der Waals surface area (Å²) in [6.07, 6.45) is 12.0. The minimum absolute atomic E-state index is 0.184. The number of guanidine groups is 1. The van der Waals surface area contributed by atoms with E-state index in [9.17, 15) is 4.79 Å².